The van der Waals surface area contributed by atoms with E-state index in [2.05, 4.69) is 0 Å². The Labute approximate surface area is 125 Å². The minimum absolute atomic E-state index is 0.00714. The van der Waals surface area contributed by atoms with Crippen LogP contribution in [0.25, 0.3) is 0 Å². The minimum atomic E-state index is -0.224. The van der Waals surface area contributed by atoms with Crippen LogP contribution in [0.4, 0.5) is 0 Å². The summed E-state index contributed by atoms with van der Waals surface area (Å²) in [5.41, 5.74) is 7.92. The van der Waals surface area contributed by atoms with Gasteiger partial charge in [0.25, 0.3) is 5.56 Å². The third-order valence-electron chi connectivity index (χ3n) is 3.28. The third kappa shape index (κ3) is 3.95. The molecule has 21 heavy (non-hydrogen) atoms. The number of pyridine rings is 1. The number of benzene rings is 1. The normalized spacial score (nSPS) is 12.4. The van der Waals surface area contributed by atoms with Gasteiger partial charge in [-0.05, 0) is 44.5 Å². The molecule has 0 fully saturated rings. The summed E-state index contributed by atoms with van der Waals surface area (Å²) in [7, 11) is 0. The Morgan fingerprint density at radius 1 is 1.19 bits per heavy atom. The molecule has 2 aromatic rings. The molecule has 0 saturated heterocycles. The maximum absolute atomic E-state index is 12.0. The fourth-order valence-corrected chi connectivity index (χ4v) is 2.18. The molecule has 4 heteroatoms. The van der Waals surface area contributed by atoms with Crippen molar-refractivity contribution in [1.29, 1.82) is 0 Å². The number of hydrogen-bond donors (Lipinski definition) is 1. The van der Waals surface area contributed by atoms with Gasteiger partial charge in [0.15, 0.2) is 0 Å². The highest BCUT2D eigenvalue weighted by atomic mass is 16.5. The minimum Gasteiger partial charge on any atom is -0.491 e. The molecule has 2 rings (SSSR count). The summed E-state index contributed by atoms with van der Waals surface area (Å²) in [5, 5.41) is 0. The SMILES string of the molecule is Cc1cccn(CC(N)c2ccc(OC(C)C)cc2)c1=O. The Bertz CT molecular complexity index is 645. The molecule has 0 bridgehead atoms. The fourth-order valence-electron chi connectivity index (χ4n) is 2.18. The van der Waals surface area contributed by atoms with E-state index in [0.29, 0.717) is 6.54 Å². The summed E-state index contributed by atoms with van der Waals surface area (Å²) in [6.07, 6.45) is 1.92. The first-order valence-corrected chi connectivity index (χ1v) is 7.15. The molecule has 1 aromatic carbocycles. The lowest BCUT2D eigenvalue weighted by Crippen LogP contribution is -2.27. The zero-order valence-electron chi connectivity index (χ0n) is 12.7. The Kier molecular flexibility index (Phi) is 4.81. The van der Waals surface area contributed by atoms with Crippen LogP contribution in [0.15, 0.2) is 47.4 Å². The van der Waals surface area contributed by atoms with Crippen molar-refractivity contribution in [2.45, 2.75) is 39.5 Å². The Morgan fingerprint density at radius 2 is 1.86 bits per heavy atom. The molecule has 2 N–H and O–H groups in total. The number of nitrogens with zero attached hydrogens (tertiary/aromatic N) is 1. The van der Waals surface area contributed by atoms with E-state index in [4.69, 9.17) is 10.5 Å². The lowest BCUT2D eigenvalue weighted by molar-refractivity contribution is 0.242. The van der Waals surface area contributed by atoms with Gasteiger partial charge in [0.05, 0.1) is 6.10 Å². The van der Waals surface area contributed by atoms with Crippen LogP contribution in [-0.4, -0.2) is 10.7 Å². The summed E-state index contributed by atoms with van der Waals surface area (Å²) < 4.78 is 7.26. The molecule has 1 heterocycles. The summed E-state index contributed by atoms with van der Waals surface area (Å²) in [5.74, 6) is 0.827. The summed E-state index contributed by atoms with van der Waals surface area (Å²) in [4.78, 5) is 12.0. The van der Waals surface area contributed by atoms with Crippen LogP contribution >= 0.6 is 0 Å². The highest BCUT2D eigenvalue weighted by Crippen LogP contribution is 2.18. The second-order valence-corrected chi connectivity index (χ2v) is 5.49. The van der Waals surface area contributed by atoms with E-state index in [0.717, 1.165) is 16.9 Å². The second kappa shape index (κ2) is 6.59. The van der Waals surface area contributed by atoms with Crippen molar-refractivity contribution in [3.8, 4) is 5.75 Å². The van der Waals surface area contributed by atoms with Crippen LogP contribution in [0, 0.1) is 6.92 Å². The first-order chi connectivity index (χ1) is 9.97. The van der Waals surface area contributed by atoms with Gasteiger partial charge in [0.1, 0.15) is 5.75 Å². The maximum Gasteiger partial charge on any atom is 0.253 e. The van der Waals surface area contributed by atoms with Gasteiger partial charge in [0.2, 0.25) is 0 Å². The molecule has 1 unspecified atom stereocenters. The zero-order chi connectivity index (χ0) is 15.4. The molecular formula is C17H22N2O2. The Hall–Kier alpha value is -2.07. The van der Waals surface area contributed by atoms with Gasteiger partial charge >= 0.3 is 0 Å². The van der Waals surface area contributed by atoms with Crippen LogP contribution in [-0.2, 0) is 6.54 Å². The average Bonchev–Trinajstić information content (AvgIpc) is 2.44. The Morgan fingerprint density at radius 3 is 2.48 bits per heavy atom. The van der Waals surface area contributed by atoms with Crippen LogP contribution in [0.3, 0.4) is 0 Å². The number of nitrogens with two attached hydrogens (primary N) is 1. The molecule has 1 atom stereocenters. The smallest absolute Gasteiger partial charge is 0.253 e. The number of aryl methyl sites for hydroxylation is 1. The third-order valence-corrected chi connectivity index (χ3v) is 3.28. The Balaban J connectivity index is 2.11. The first-order valence-electron chi connectivity index (χ1n) is 7.15. The van der Waals surface area contributed by atoms with Crippen molar-refractivity contribution in [3.63, 3.8) is 0 Å². The van der Waals surface area contributed by atoms with Crippen LogP contribution < -0.4 is 16.0 Å². The van der Waals surface area contributed by atoms with Gasteiger partial charge in [-0.25, -0.2) is 0 Å². The monoisotopic (exact) mass is 286 g/mol. The van der Waals surface area contributed by atoms with E-state index in [1.54, 1.807) is 10.8 Å². The predicted molar refractivity (Wildman–Crippen MR) is 84.6 cm³/mol. The van der Waals surface area contributed by atoms with E-state index in [1.165, 1.54) is 0 Å². The number of ether oxygens (including phenoxy) is 1. The van der Waals surface area contributed by atoms with Crippen molar-refractivity contribution in [3.05, 3.63) is 64.1 Å². The van der Waals surface area contributed by atoms with Gasteiger partial charge < -0.3 is 15.0 Å². The van der Waals surface area contributed by atoms with Crippen molar-refractivity contribution in [2.24, 2.45) is 5.73 Å². The number of hydrogen-bond acceptors (Lipinski definition) is 3. The van der Waals surface area contributed by atoms with Crippen molar-refractivity contribution in [2.75, 3.05) is 0 Å². The highest BCUT2D eigenvalue weighted by molar-refractivity contribution is 5.29. The second-order valence-electron chi connectivity index (χ2n) is 5.49. The van der Waals surface area contributed by atoms with E-state index in [9.17, 15) is 4.79 Å². The summed E-state index contributed by atoms with van der Waals surface area (Å²) >= 11 is 0. The summed E-state index contributed by atoms with van der Waals surface area (Å²) in [6, 6.07) is 11.2. The lowest BCUT2D eigenvalue weighted by atomic mass is 10.1. The van der Waals surface area contributed by atoms with Crippen molar-refractivity contribution < 1.29 is 4.74 Å². The molecule has 4 nitrogen and oxygen atoms in total. The quantitative estimate of drug-likeness (QED) is 0.919. The maximum atomic E-state index is 12.0. The summed E-state index contributed by atoms with van der Waals surface area (Å²) in [6.45, 7) is 6.25. The van der Waals surface area contributed by atoms with E-state index >= 15 is 0 Å². The average molecular weight is 286 g/mol. The molecule has 112 valence electrons. The topological polar surface area (TPSA) is 57.2 Å². The molecule has 0 spiro atoms. The van der Waals surface area contributed by atoms with E-state index in [-0.39, 0.29) is 17.7 Å². The fraction of sp³-hybridized carbons (Fsp3) is 0.353. The van der Waals surface area contributed by atoms with Crippen LogP contribution in [0.2, 0.25) is 0 Å². The molecule has 0 saturated carbocycles. The molecular weight excluding hydrogens is 264 g/mol. The van der Waals surface area contributed by atoms with Crippen molar-refractivity contribution >= 4 is 0 Å². The molecule has 1 aromatic heterocycles. The predicted octanol–water partition coefficient (Wildman–Crippen LogP) is 2.64. The molecule has 0 aliphatic carbocycles. The first kappa shape index (κ1) is 15.3. The number of rotatable bonds is 5. The van der Waals surface area contributed by atoms with Gasteiger partial charge in [-0.15, -0.1) is 0 Å². The zero-order valence-corrected chi connectivity index (χ0v) is 12.7. The standard InChI is InChI=1S/C17H22N2O2/c1-12(2)21-15-8-6-14(7-9-15)16(18)11-19-10-4-5-13(3)17(19)20/h4-10,12,16H,11,18H2,1-3H3. The van der Waals surface area contributed by atoms with E-state index < -0.39 is 0 Å². The molecule has 0 radical (unpaired) electrons. The van der Waals surface area contributed by atoms with E-state index in [1.807, 2.05) is 57.2 Å². The molecule has 0 aliphatic rings. The van der Waals surface area contributed by atoms with Gasteiger partial charge in [-0.3, -0.25) is 4.79 Å². The van der Waals surface area contributed by atoms with Gasteiger partial charge in [-0.2, -0.15) is 0 Å². The van der Waals surface area contributed by atoms with Gasteiger partial charge in [0, 0.05) is 24.3 Å². The highest BCUT2D eigenvalue weighted by Gasteiger charge is 2.09. The van der Waals surface area contributed by atoms with Gasteiger partial charge in [-0.1, -0.05) is 18.2 Å². The van der Waals surface area contributed by atoms with Crippen LogP contribution in [0.1, 0.15) is 31.0 Å². The largest absolute Gasteiger partial charge is 0.491 e. The number of aromatic nitrogens is 1. The molecule has 0 aliphatic heterocycles. The van der Waals surface area contributed by atoms with Crippen molar-refractivity contribution in [1.82, 2.24) is 4.57 Å². The van der Waals surface area contributed by atoms with Crippen LogP contribution in [0.5, 0.6) is 5.75 Å². The molecule has 0 amide bonds. The lowest BCUT2D eigenvalue weighted by Gasteiger charge is -2.15.